The molecule has 0 amide bonds. The SMILES string of the molecule is C=C(c1ccc(N2CCN(c3ccccc3C)CC2)c(C)c1)N(N)CCCN1CCCC1=C. The van der Waals surface area contributed by atoms with Gasteiger partial charge < -0.3 is 19.7 Å². The molecule has 0 unspecified atom stereocenters. The highest BCUT2D eigenvalue weighted by atomic mass is 15.4. The van der Waals surface area contributed by atoms with Crippen LogP contribution in [-0.4, -0.2) is 55.7 Å². The number of nitrogens with zero attached hydrogens (tertiary/aromatic N) is 4. The molecule has 2 N–H and O–H groups in total. The summed E-state index contributed by atoms with van der Waals surface area (Å²) in [6.07, 6.45) is 3.37. The molecule has 0 bridgehead atoms. The molecule has 5 heteroatoms. The van der Waals surface area contributed by atoms with Crippen molar-refractivity contribution in [1.29, 1.82) is 0 Å². The topological polar surface area (TPSA) is 39.0 Å². The van der Waals surface area contributed by atoms with Crippen molar-refractivity contribution in [2.75, 3.05) is 55.6 Å². The lowest BCUT2D eigenvalue weighted by molar-refractivity contribution is 0.338. The van der Waals surface area contributed by atoms with Crippen molar-refractivity contribution < 1.29 is 0 Å². The Morgan fingerprint density at radius 1 is 0.939 bits per heavy atom. The van der Waals surface area contributed by atoms with Crippen molar-refractivity contribution >= 4 is 17.1 Å². The third-order valence-electron chi connectivity index (χ3n) is 7.12. The van der Waals surface area contributed by atoms with Crippen molar-refractivity contribution in [2.24, 2.45) is 5.84 Å². The summed E-state index contributed by atoms with van der Waals surface area (Å²) in [5.41, 5.74) is 8.55. The molecule has 2 aromatic rings. The van der Waals surface area contributed by atoms with E-state index >= 15 is 0 Å². The number of allylic oxidation sites excluding steroid dienone is 1. The minimum Gasteiger partial charge on any atom is -0.375 e. The maximum atomic E-state index is 6.36. The fourth-order valence-corrected chi connectivity index (χ4v) is 5.09. The zero-order valence-corrected chi connectivity index (χ0v) is 20.4. The Labute approximate surface area is 199 Å². The van der Waals surface area contributed by atoms with Crippen LogP contribution in [0.1, 0.15) is 36.0 Å². The molecule has 5 nitrogen and oxygen atoms in total. The molecule has 2 heterocycles. The lowest BCUT2D eigenvalue weighted by Crippen LogP contribution is -2.47. The second kappa shape index (κ2) is 10.3. The molecule has 4 rings (SSSR count). The predicted octanol–water partition coefficient (Wildman–Crippen LogP) is 4.78. The van der Waals surface area contributed by atoms with Gasteiger partial charge in [-0.3, -0.25) is 0 Å². The lowest BCUT2D eigenvalue weighted by atomic mass is 10.1. The van der Waals surface area contributed by atoms with Crippen molar-refractivity contribution in [3.8, 4) is 0 Å². The van der Waals surface area contributed by atoms with E-state index in [1.54, 1.807) is 5.01 Å². The number of para-hydroxylation sites is 1. The number of piperazine rings is 1. The Hall–Kier alpha value is -2.92. The summed E-state index contributed by atoms with van der Waals surface area (Å²) in [5, 5.41) is 1.80. The van der Waals surface area contributed by atoms with E-state index in [4.69, 9.17) is 5.84 Å². The van der Waals surface area contributed by atoms with Crippen LogP contribution < -0.4 is 15.6 Å². The van der Waals surface area contributed by atoms with E-state index in [0.29, 0.717) is 0 Å². The average Bonchev–Trinajstić information content (AvgIpc) is 3.23. The molecular weight excluding hydrogens is 406 g/mol. The third-order valence-corrected chi connectivity index (χ3v) is 7.12. The summed E-state index contributed by atoms with van der Waals surface area (Å²) < 4.78 is 0. The summed E-state index contributed by atoms with van der Waals surface area (Å²) in [6, 6.07) is 15.3. The van der Waals surface area contributed by atoms with Gasteiger partial charge in [-0.2, -0.15) is 0 Å². The van der Waals surface area contributed by atoms with Gasteiger partial charge in [-0.05, 0) is 68.0 Å². The van der Waals surface area contributed by atoms with E-state index in [1.807, 2.05) is 0 Å². The molecule has 2 saturated heterocycles. The number of hydrogen-bond donors (Lipinski definition) is 1. The molecule has 0 saturated carbocycles. The van der Waals surface area contributed by atoms with Crippen molar-refractivity contribution in [2.45, 2.75) is 33.1 Å². The summed E-state index contributed by atoms with van der Waals surface area (Å²) in [6.45, 7) is 19.9. The smallest absolute Gasteiger partial charge is 0.0517 e. The van der Waals surface area contributed by atoms with Crippen LogP contribution in [0.5, 0.6) is 0 Å². The lowest BCUT2D eigenvalue weighted by Gasteiger charge is -2.38. The van der Waals surface area contributed by atoms with Gasteiger partial charge >= 0.3 is 0 Å². The summed E-state index contributed by atoms with van der Waals surface area (Å²) in [5.74, 6) is 6.36. The molecule has 0 aliphatic carbocycles. The van der Waals surface area contributed by atoms with Crippen molar-refractivity contribution in [1.82, 2.24) is 9.91 Å². The van der Waals surface area contributed by atoms with Crippen LogP contribution in [0.15, 0.2) is 61.3 Å². The Kier molecular flexibility index (Phi) is 7.29. The molecule has 2 aliphatic rings. The summed E-state index contributed by atoms with van der Waals surface area (Å²) >= 11 is 0. The number of rotatable bonds is 8. The van der Waals surface area contributed by atoms with Crippen LogP contribution in [-0.2, 0) is 0 Å². The molecule has 0 spiro atoms. The van der Waals surface area contributed by atoms with E-state index in [9.17, 15) is 0 Å². The fourth-order valence-electron chi connectivity index (χ4n) is 5.09. The van der Waals surface area contributed by atoms with E-state index < -0.39 is 0 Å². The molecule has 2 aromatic carbocycles. The zero-order valence-electron chi connectivity index (χ0n) is 20.4. The maximum absolute atomic E-state index is 6.36. The van der Waals surface area contributed by atoms with E-state index in [2.05, 4.69) is 84.2 Å². The normalized spacial score (nSPS) is 16.5. The van der Waals surface area contributed by atoms with Gasteiger partial charge in [0.25, 0.3) is 0 Å². The van der Waals surface area contributed by atoms with Crippen LogP contribution in [0.4, 0.5) is 11.4 Å². The van der Waals surface area contributed by atoms with Gasteiger partial charge in [-0.25, -0.2) is 5.84 Å². The summed E-state index contributed by atoms with van der Waals surface area (Å²) in [4.78, 5) is 7.38. The number of nitrogens with two attached hydrogens (primary N) is 1. The predicted molar refractivity (Wildman–Crippen MR) is 141 cm³/mol. The molecule has 176 valence electrons. The minimum absolute atomic E-state index is 0.796. The first-order chi connectivity index (χ1) is 15.9. The van der Waals surface area contributed by atoms with Crippen molar-refractivity contribution in [3.63, 3.8) is 0 Å². The van der Waals surface area contributed by atoms with Crippen molar-refractivity contribution in [3.05, 3.63) is 78.0 Å². The Bertz CT molecular complexity index is 990. The van der Waals surface area contributed by atoms with Crippen LogP contribution >= 0.6 is 0 Å². The molecule has 0 aromatic heterocycles. The Morgan fingerprint density at radius 2 is 1.61 bits per heavy atom. The Balaban J connectivity index is 1.31. The number of benzene rings is 2. The zero-order chi connectivity index (χ0) is 23.4. The van der Waals surface area contributed by atoms with Gasteiger partial charge in [0.15, 0.2) is 0 Å². The highest BCUT2D eigenvalue weighted by Gasteiger charge is 2.20. The first kappa shape index (κ1) is 23.2. The second-order valence-electron chi connectivity index (χ2n) is 9.41. The Morgan fingerprint density at radius 3 is 2.21 bits per heavy atom. The summed E-state index contributed by atoms with van der Waals surface area (Å²) in [7, 11) is 0. The van der Waals surface area contributed by atoms with Crippen LogP contribution in [0.25, 0.3) is 5.70 Å². The number of likely N-dealkylation sites (tertiary alicyclic amines) is 1. The first-order valence-electron chi connectivity index (χ1n) is 12.2. The average molecular weight is 446 g/mol. The fraction of sp³-hybridized carbons (Fsp3) is 0.429. The van der Waals surface area contributed by atoms with Gasteiger partial charge in [0.05, 0.1) is 5.70 Å². The van der Waals surface area contributed by atoms with Crippen LogP contribution in [0, 0.1) is 13.8 Å². The number of hydrazine groups is 1. The number of anilines is 2. The highest BCUT2D eigenvalue weighted by molar-refractivity contribution is 5.67. The van der Waals surface area contributed by atoms with Crippen LogP contribution in [0.2, 0.25) is 0 Å². The third kappa shape index (κ3) is 5.36. The molecule has 2 fully saturated rings. The molecular formula is C28H39N5. The number of aryl methyl sites for hydroxylation is 2. The van der Waals surface area contributed by atoms with E-state index in [0.717, 1.165) is 69.9 Å². The number of hydrogen-bond acceptors (Lipinski definition) is 5. The van der Waals surface area contributed by atoms with Gasteiger partial charge in [-0.15, -0.1) is 0 Å². The van der Waals surface area contributed by atoms with E-state index in [1.165, 1.54) is 34.6 Å². The standard InChI is InChI=1S/C28H39N5/c1-22-9-5-6-11-27(22)31-17-19-32(20-18-31)28-13-12-26(21-23(28)2)25(4)33(29)16-8-15-30-14-7-10-24(30)3/h5-6,9,11-13,21H,3-4,7-8,10,14-20,29H2,1-2H3. The largest absolute Gasteiger partial charge is 0.375 e. The monoisotopic (exact) mass is 445 g/mol. The van der Waals surface area contributed by atoms with Gasteiger partial charge in [-0.1, -0.05) is 37.4 Å². The highest BCUT2D eigenvalue weighted by Crippen LogP contribution is 2.28. The molecule has 0 atom stereocenters. The molecule has 33 heavy (non-hydrogen) atoms. The van der Waals surface area contributed by atoms with Gasteiger partial charge in [0.1, 0.15) is 0 Å². The van der Waals surface area contributed by atoms with Crippen LogP contribution in [0.3, 0.4) is 0 Å². The first-order valence-corrected chi connectivity index (χ1v) is 12.2. The second-order valence-corrected chi connectivity index (χ2v) is 9.41. The quantitative estimate of drug-likeness (QED) is 0.468. The molecule has 2 aliphatic heterocycles. The van der Waals surface area contributed by atoms with Gasteiger partial charge in [0.2, 0.25) is 0 Å². The van der Waals surface area contributed by atoms with E-state index in [-0.39, 0.29) is 0 Å². The minimum atomic E-state index is 0.796. The maximum Gasteiger partial charge on any atom is 0.0517 e. The van der Waals surface area contributed by atoms with Gasteiger partial charge in [0, 0.05) is 62.9 Å². The molecule has 0 radical (unpaired) electrons.